The Balaban J connectivity index is 2.15. The van der Waals surface area contributed by atoms with Gasteiger partial charge in [-0.2, -0.15) is 4.98 Å². The molecule has 1 heterocycles. The molecule has 27 heavy (non-hydrogen) atoms. The zero-order chi connectivity index (χ0) is 19.7. The third-order valence-corrected chi connectivity index (χ3v) is 5.47. The fourth-order valence-electron chi connectivity index (χ4n) is 3.26. The van der Waals surface area contributed by atoms with E-state index >= 15 is 0 Å². The van der Waals surface area contributed by atoms with Crippen LogP contribution in [0.5, 0.6) is 11.8 Å². The number of carbonyl (C=O) groups excluding carboxylic acids is 1. The molecule has 7 heteroatoms. The Kier molecular flexibility index (Phi) is 5.99. The second kappa shape index (κ2) is 8.09. The lowest BCUT2D eigenvalue weighted by molar-refractivity contribution is -0.108. The number of aryl methyl sites for hydroxylation is 2. The molecule has 1 aromatic heterocycles. The van der Waals surface area contributed by atoms with Gasteiger partial charge in [0.25, 0.3) is 0 Å². The number of nitrogens with zero attached hydrogens (tertiary/aromatic N) is 2. The molecule has 0 radical (unpaired) electrons. The number of imidazole rings is 1. The maximum Gasteiger partial charge on any atom is 0.302 e. The van der Waals surface area contributed by atoms with E-state index in [-0.39, 0.29) is 5.92 Å². The molecule has 0 spiro atoms. The molecular weight excluding hydrogens is 407 g/mol. The molecule has 0 bridgehead atoms. The van der Waals surface area contributed by atoms with E-state index in [0.29, 0.717) is 38.8 Å². The van der Waals surface area contributed by atoms with Crippen LogP contribution in [0.2, 0.25) is 15.1 Å². The second-order valence-corrected chi connectivity index (χ2v) is 7.68. The highest BCUT2D eigenvalue weighted by Crippen LogP contribution is 2.39. The Hall–Kier alpha value is -1.75. The van der Waals surface area contributed by atoms with Crippen molar-refractivity contribution in [2.75, 3.05) is 0 Å². The number of benzene rings is 2. The van der Waals surface area contributed by atoms with Crippen molar-refractivity contribution in [3.8, 4) is 11.8 Å². The Labute approximate surface area is 173 Å². The molecule has 4 nitrogen and oxygen atoms in total. The fraction of sp³-hybridized carbons (Fsp3) is 0.300. The number of halogens is 3. The van der Waals surface area contributed by atoms with E-state index in [9.17, 15) is 4.79 Å². The van der Waals surface area contributed by atoms with Gasteiger partial charge in [0.2, 0.25) is 0 Å². The van der Waals surface area contributed by atoms with Crippen molar-refractivity contribution < 1.29 is 9.53 Å². The molecule has 2 aromatic carbocycles. The van der Waals surface area contributed by atoms with Gasteiger partial charge in [0.05, 0.1) is 15.6 Å². The van der Waals surface area contributed by atoms with Gasteiger partial charge < -0.3 is 9.53 Å². The van der Waals surface area contributed by atoms with Gasteiger partial charge in [-0.1, -0.05) is 47.8 Å². The highest BCUT2D eigenvalue weighted by atomic mass is 35.5. The average Bonchev–Trinajstić information content (AvgIpc) is 2.94. The molecule has 0 N–H and O–H groups in total. The number of aromatic nitrogens is 2. The summed E-state index contributed by atoms with van der Waals surface area (Å²) < 4.78 is 7.87. The minimum Gasteiger partial charge on any atom is -0.424 e. The zero-order valence-electron chi connectivity index (χ0n) is 15.2. The van der Waals surface area contributed by atoms with E-state index in [1.165, 1.54) is 0 Å². The molecule has 1 atom stereocenters. The first-order valence-corrected chi connectivity index (χ1v) is 9.72. The van der Waals surface area contributed by atoms with E-state index in [2.05, 4.69) is 11.9 Å². The van der Waals surface area contributed by atoms with Gasteiger partial charge in [-0.15, -0.1) is 0 Å². The first-order chi connectivity index (χ1) is 12.9. The summed E-state index contributed by atoms with van der Waals surface area (Å²) in [6, 6.07) is 7.54. The van der Waals surface area contributed by atoms with E-state index < -0.39 is 0 Å². The number of aldehydes is 1. The summed E-state index contributed by atoms with van der Waals surface area (Å²) in [4.78, 5) is 15.7. The van der Waals surface area contributed by atoms with Crippen molar-refractivity contribution in [2.24, 2.45) is 7.05 Å². The molecular formula is C20H19Cl3N2O2. The summed E-state index contributed by atoms with van der Waals surface area (Å²) >= 11 is 18.7. The van der Waals surface area contributed by atoms with Crippen LogP contribution in [0.4, 0.5) is 0 Å². The van der Waals surface area contributed by atoms with Crippen LogP contribution in [0.1, 0.15) is 36.8 Å². The van der Waals surface area contributed by atoms with Crippen LogP contribution in [-0.2, 0) is 11.8 Å². The van der Waals surface area contributed by atoms with Crippen LogP contribution in [0.15, 0.2) is 24.3 Å². The minimum absolute atomic E-state index is 0.0892. The van der Waals surface area contributed by atoms with Crippen molar-refractivity contribution >= 4 is 52.1 Å². The SMILES string of the molecule is CCC(CC=O)c1ccc(Cl)c2nc(Oc3c(C)cc(Cl)cc3Cl)n(C)c12. The van der Waals surface area contributed by atoms with Crippen molar-refractivity contribution in [3.63, 3.8) is 0 Å². The van der Waals surface area contributed by atoms with E-state index in [4.69, 9.17) is 39.5 Å². The van der Waals surface area contributed by atoms with Crippen molar-refractivity contribution in [1.29, 1.82) is 0 Å². The first-order valence-electron chi connectivity index (χ1n) is 8.59. The largest absolute Gasteiger partial charge is 0.424 e. The number of hydrogen-bond donors (Lipinski definition) is 0. The molecule has 0 saturated carbocycles. The van der Waals surface area contributed by atoms with Crippen LogP contribution < -0.4 is 4.74 Å². The molecule has 0 amide bonds. The van der Waals surface area contributed by atoms with Crippen LogP contribution in [0.3, 0.4) is 0 Å². The Bertz CT molecular complexity index is 991. The highest BCUT2D eigenvalue weighted by Gasteiger charge is 2.21. The van der Waals surface area contributed by atoms with Gasteiger partial charge in [-0.3, -0.25) is 4.57 Å². The molecule has 0 aliphatic heterocycles. The molecule has 142 valence electrons. The molecule has 3 aromatic rings. The van der Waals surface area contributed by atoms with Crippen LogP contribution in [-0.4, -0.2) is 15.8 Å². The maximum atomic E-state index is 11.1. The minimum atomic E-state index is 0.0892. The van der Waals surface area contributed by atoms with Crippen molar-refractivity contribution in [3.05, 3.63) is 50.5 Å². The number of carbonyl (C=O) groups is 1. The Morgan fingerprint density at radius 1 is 1.22 bits per heavy atom. The third kappa shape index (κ3) is 3.79. The quantitative estimate of drug-likeness (QED) is 0.412. The monoisotopic (exact) mass is 424 g/mol. The lowest BCUT2D eigenvalue weighted by atomic mass is 9.92. The number of hydrogen-bond acceptors (Lipinski definition) is 3. The third-order valence-electron chi connectivity index (χ3n) is 4.66. The predicted molar refractivity (Wildman–Crippen MR) is 111 cm³/mol. The molecule has 0 aliphatic carbocycles. The summed E-state index contributed by atoms with van der Waals surface area (Å²) in [6.07, 6.45) is 2.22. The van der Waals surface area contributed by atoms with Crippen molar-refractivity contribution in [2.45, 2.75) is 32.6 Å². The van der Waals surface area contributed by atoms with Crippen LogP contribution in [0, 0.1) is 6.92 Å². The van der Waals surface area contributed by atoms with E-state index in [0.717, 1.165) is 29.4 Å². The molecule has 3 rings (SSSR count). The topological polar surface area (TPSA) is 44.1 Å². The lowest BCUT2D eigenvalue weighted by Gasteiger charge is -2.15. The summed E-state index contributed by atoms with van der Waals surface area (Å²) in [5, 5.41) is 1.48. The van der Waals surface area contributed by atoms with Crippen LogP contribution >= 0.6 is 34.8 Å². The zero-order valence-corrected chi connectivity index (χ0v) is 17.5. The Morgan fingerprint density at radius 3 is 2.59 bits per heavy atom. The smallest absolute Gasteiger partial charge is 0.302 e. The van der Waals surface area contributed by atoms with E-state index in [1.54, 1.807) is 12.1 Å². The first kappa shape index (κ1) is 20.0. The van der Waals surface area contributed by atoms with Gasteiger partial charge in [0.1, 0.15) is 11.8 Å². The lowest BCUT2D eigenvalue weighted by Crippen LogP contribution is -2.03. The summed E-state index contributed by atoms with van der Waals surface area (Å²) in [6.45, 7) is 3.92. The Morgan fingerprint density at radius 2 is 1.96 bits per heavy atom. The van der Waals surface area contributed by atoms with Crippen molar-refractivity contribution in [1.82, 2.24) is 9.55 Å². The fourth-order valence-corrected chi connectivity index (χ4v) is 4.08. The second-order valence-electron chi connectivity index (χ2n) is 6.43. The number of rotatable bonds is 6. The van der Waals surface area contributed by atoms with Crippen LogP contribution in [0.25, 0.3) is 11.0 Å². The normalized spacial score (nSPS) is 12.4. The summed E-state index contributed by atoms with van der Waals surface area (Å²) in [7, 11) is 1.86. The highest BCUT2D eigenvalue weighted by molar-refractivity contribution is 6.36. The van der Waals surface area contributed by atoms with Gasteiger partial charge in [0, 0.05) is 18.5 Å². The molecule has 0 aliphatic rings. The summed E-state index contributed by atoms with van der Waals surface area (Å²) in [5.74, 6) is 0.587. The standard InChI is InChI=1S/C20H19Cl3N2O2/c1-4-12(7-8-26)14-5-6-15(22)17-18(14)25(3)20(24-17)27-19-11(2)9-13(21)10-16(19)23/h5-6,8-10,12H,4,7H2,1-3H3. The number of fused-ring (bicyclic) bond motifs is 1. The molecule has 0 saturated heterocycles. The van der Waals surface area contributed by atoms with E-state index in [1.807, 2.05) is 30.7 Å². The maximum absolute atomic E-state index is 11.1. The average molecular weight is 426 g/mol. The van der Waals surface area contributed by atoms with Gasteiger partial charge in [-0.25, -0.2) is 0 Å². The predicted octanol–water partition coefficient (Wildman–Crippen LogP) is 6.72. The van der Waals surface area contributed by atoms with Gasteiger partial charge in [-0.05, 0) is 48.6 Å². The molecule has 1 unspecified atom stereocenters. The summed E-state index contributed by atoms with van der Waals surface area (Å²) in [5.41, 5.74) is 3.32. The molecule has 0 fully saturated rings. The van der Waals surface area contributed by atoms with Gasteiger partial charge in [0.15, 0.2) is 5.75 Å². The number of ether oxygens (including phenoxy) is 1. The van der Waals surface area contributed by atoms with Gasteiger partial charge >= 0.3 is 6.01 Å².